The summed E-state index contributed by atoms with van der Waals surface area (Å²) in [5.41, 5.74) is 0.796. The number of hydrogen-bond donors (Lipinski definition) is 2. The summed E-state index contributed by atoms with van der Waals surface area (Å²) in [6, 6.07) is 5.13. The molecule has 3 atom stereocenters. The average molecular weight is 345 g/mol. The Hall–Kier alpha value is -2.15. The molecule has 0 radical (unpaired) electrons. The molecule has 2 saturated carbocycles. The molecule has 1 aromatic carbocycles. The largest absolute Gasteiger partial charge is 0.378 e. The van der Waals surface area contributed by atoms with Gasteiger partial charge in [0.2, 0.25) is 0 Å². The lowest BCUT2D eigenvalue weighted by Gasteiger charge is -2.33. The molecule has 7 nitrogen and oxygen atoms in total. The van der Waals surface area contributed by atoms with E-state index in [2.05, 4.69) is 10.6 Å². The quantitative estimate of drug-likeness (QED) is 0.632. The van der Waals surface area contributed by atoms with Gasteiger partial charge >= 0.3 is 0 Å². The van der Waals surface area contributed by atoms with Gasteiger partial charge in [0, 0.05) is 36.2 Å². The number of hydrogen-bond acceptors (Lipinski definition) is 5. The Morgan fingerprint density at radius 1 is 1.20 bits per heavy atom. The van der Waals surface area contributed by atoms with Crippen LogP contribution in [0.4, 0.5) is 11.4 Å². The van der Waals surface area contributed by atoms with Gasteiger partial charge in [-0.15, -0.1) is 0 Å². The van der Waals surface area contributed by atoms with Crippen LogP contribution in [0.1, 0.15) is 48.9 Å². The van der Waals surface area contributed by atoms with Crippen LogP contribution in [0.2, 0.25) is 0 Å². The van der Waals surface area contributed by atoms with Gasteiger partial charge in [-0.3, -0.25) is 14.9 Å². The van der Waals surface area contributed by atoms with E-state index in [1.54, 1.807) is 12.1 Å². The van der Waals surface area contributed by atoms with Crippen LogP contribution >= 0.6 is 0 Å². The number of amides is 1. The minimum Gasteiger partial charge on any atom is -0.378 e. The lowest BCUT2D eigenvalue weighted by Crippen LogP contribution is -2.38. The SMILES string of the molecule is O=C(NC1CC1)c1ccc(NC2CCCC3OCCC23)c([N+](=O)[O-])c1. The van der Waals surface area contributed by atoms with E-state index in [0.29, 0.717) is 17.2 Å². The molecule has 134 valence electrons. The van der Waals surface area contributed by atoms with Gasteiger partial charge < -0.3 is 15.4 Å². The molecule has 1 saturated heterocycles. The number of benzene rings is 1. The first-order valence-corrected chi connectivity index (χ1v) is 9.09. The number of fused-ring (bicyclic) bond motifs is 1. The average Bonchev–Trinajstić information content (AvgIpc) is 3.27. The van der Waals surface area contributed by atoms with Crippen LogP contribution in [0.15, 0.2) is 18.2 Å². The fraction of sp³-hybridized carbons (Fsp3) is 0.611. The maximum atomic E-state index is 12.2. The summed E-state index contributed by atoms with van der Waals surface area (Å²) in [6.07, 6.45) is 6.37. The zero-order valence-corrected chi connectivity index (χ0v) is 14.1. The van der Waals surface area contributed by atoms with Crippen molar-refractivity contribution in [1.82, 2.24) is 5.32 Å². The molecule has 3 fully saturated rings. The molecule has 3 unspecified atom stereocenters. The molecule has 7 heteroatoms. The molecule has 1 amide bonds. The van der Waals surface area contributed by atoms with Gasteiger partial charge in [-0.1, -0.05) is 0 Å². The van der Waals surface area contributed by atoms with E-state index in [0.717, 1.165) is 45.1 Å². The van der Waals surface area contributed by atoms with Crippen molar-refractivity contribution in [2.24, 2.45) is 5.92 Å². The van der Waals surface area contributed by atoms with Crippen molar-refractivity contribution in [3.05, 3.63) is 33.9 Å². The highest BCUT2D eigenvalue weighted by Crippen LogP contribution is 2.37. The summed E-state index contributed by atoms with van der Waals surface area (Å²) in [5.74, 6) is 0.172. The third-order valence-electron chi connectivity index (χ3n) is 5.49. The number of nitrogens with one attached hydrogen (secondary N) is 2. The van der Waals surface area contributed by atoms with Gasteiger partial charge in [0.15, 0.2) is 0 Å². The summed E-state index contributed by atoms with van der Waals surface area (Å²) < 4.78 is 5.77. The Bertz CT molecular complexity index is 689. The molecule has 0 bridgehead atoms. The van der Waals surface area contributed by atoms with Crippen molar-refractivity contribution < 1.29 is 14.5 Å². The summed E-state index contributed by atoms with van der Waals surface area (Å²) in [5, 5.41) is 17.7. The monoisotopic (exact) mass is 345 g/mol. The minimum atomic E-state index is -0.415. The van der Waals surface area contributed by atoms with Crippen LogP contribution in [-0.4, -0.2) is 35.6 Å². The van der Waals surface area contributed by atoms with Gasteiger partial charge in [-0.25, -0.2) is 0 Å². The highest BCUT2D eigenvalue weighted by molar-refractivity contribution is 5.96. The maximum absolute atomic E-state index is 12.2. The van der Waals surface area contributed by atoms with E-state index in [9.17, 15) is 14.9 Å². The Morgan fingerprint density at radius 3 is 2.80 bits per heavy atom. The topological polar surface area (TPSA) is 93.5 Å². The predicted octanol–water partition coefficient (Wildman–Crippen LogP) is 2.86. The molecule has 2 aliphatic carbocycles. The molecule has 25 heavy (non-hydrogen) atoms. The summed E-state index contributed by atoms with van der Waals surface area (Å²) >= 11 is 0. The highest BCUT2D eigenvalue weighted by Gasteiger charge is 2.38. The molecular formula is C18H23N3O4. The van der Waals surface area contributed by atoms with E-state index < -0.39 is 4.92 Å². The van der Waals surface area contributed by atoms with Crippen LogP contribution < -0.4 is 10.6 Å². The number of ether oxygens (including phenoxy) is 1. The van der Waals surface area contributed by atoms with Crippen LogP contribution in [0.25, 0.3) is 0 Å². The first-order valence-electron chi connectivity index (χ1n) is 9.09. The van der Waals surface area contributed by atoms with E-state index in [1.165, 1.54) is 6.07 Å². The number of nitrogens with zero attached hydrogens (tertiary/aromatic N) is 1. The second-order valence-corrected chi connectivity index (χ2v) is 7.28. The molecule has 3 aliphatic rings. The number of nitro benzene ring substituents is 1. The molecule has 2 N–H and O–H groups in total. The number of rotatable bonds is 5. The molecule has 4 rings (SSSR count). The van der Waals surface area contributed by atoms with Crippen molar-refractivity contribution in [3.63, 3.8) is 0 Å². The lowest BCUT2D eigenvalue weighted by molar-refractivity contribution is -0.384. The van der Waals surface area contributed by atoms with E-state index in [-0.39, 0.29) is 29.8 Å². The molecule has 0 aromatic heterocycles. The molecular weight excluding hydrogens is 322 g/mol. The fourth-order valence-electron chi connectivity index (χ4n) is 4.00. The Balaban J connectivity index is 1.53. The highest BCUT2D eigenvalue weighted by atomic mass is 16.6. The van der Waals surface area contributed by atoms with Gasteiger partial charge in [-0.2, -0.15) is 0 Å². The third-order valence-corrected chi connectivity index (χ3v) is 5.49. The Morgan fingerprint density at radius 2 is 2.04 bits per heavy atom. The van der Waals surface area contributed by atoms with Crippen molar-refractivity contribution in [3.8, 4) is 0 Å². The minimum absolute atomic E-state index is 0.0375. The third kappa shape index (κ3) is 3.46. The zero-order chi connectivity index (χ0) is 17.4. The molecule has 1 aliphatic heterocycles. The Kier molecular flexibility index (Phi) is 4.33. The second-order valence-electron chi connectivity index (χ2n) is 7.28. The lowest BCUT2D eigenvalue weighted by atomic mass is 9.81. The molecule has 0 spiro atoms. The number of carbonyl (C=O) groups excluding carboxylic acids is 1. The number of carbonyl (C=O) groups is 1. The fourth-order valence-corrected chi connectivity index (χ4v) is 4.00. The first kappa shape index (κ1) is 16.3. The summed E-state index contributed by atoms with van der Waals surface area (Å²) in [4.78, 5) is 23.2. The van der Waals surface area contributed by atoms with E-state index in [4.69, 9.17) is 4.74 Å². The molecule has 1 heterocycles. The Labute approximate surface area is 146 Å². The molecule has 1 aromatic rings. The van der Waals surface area contributed by atoms with Gasteiger partial charge in [0.1, 0.15) is 5.69 Å². The van der Waals surface area contributed by atoms with E-state index in [1.807, 2.05) is 0 Å². The van der Waals surface area contributed by atoms with Gasteiger partial charge in [-0.05, 0) is 50.7 Å². The van der Waals surface area contributed by atoms with Crippen LogP contribution in [0, 0.1) is 16.0 Å². The maximum Gasteiger partial charge on any atom is 0.293 e. The van der Waals surface area contributed by atoms with Crippen LogP contribution in [0.5, 0.6) is 0 Å². The first-order chi connectivity index (χ1) is 12.1. The van der Waals surface area contributed by atoms with E-state index >= 15 is 0 Å². The second kappa shape index (κ2) is 6.63. The van der Waals surface area contributed by atoms with Crippen molar-refractivity contribution in [1.29, 1.82) is 0 Å². The normalized spacial score (nSPS) is 28.2. The predicted molar refractivity (Wildman–Crippen MR) is 92.7 cm³/mol. The number of nitro groups is 1. The van der Waals surface area contributed by atoms with Gasteiger partial charge in [0.25, 0.3) is 11.6 Å². The smallest absolute Gasteiger partial charge is 0.293 e. The standard InChI is InChI=1S/C18H23N3O4/c22-18(19-12-5-6-12)11-4-7-15(16(10-11)21(23)24)20-14-2-1-3-17-13(14)8-9-25-17/h4,7,10,12-14,17,20H,1-3,5-6,8-9H2,(H,19,22). The van der Waals surface area contributed by atoms with Crippen LogP contribution in [0.3, 0.4) is 0 Å². The van der Waals surface area contributed by atoms with Crippen molar-refractivity contribution in [2.75, 3.05) is 11.9 Å². The number of anilines is 1. The van der Waals surface area contributed by atoms with Gasteiger partial charge in [0.05, 0.1) is 11.0 Å². The summed E-state index contributed by atoms with van der Waals surface area (Å²) in [6.45, 7) is 0.774. The summed E-state index contributed by atoms with van der Waals surface area (Å²) in [7, 11) is 0. The van der Waals surface area contributed by atoms with Crippen molar-refractivity contribution in [2.45, 2.75) is 56.7 Å². The van der Waals surface area contributed by atoms with Crippen LogP contribution in [-0.2, 0) is 4.74 Å². The van der Waals surface area contributed by atoms with Crippen molar-refractivity contribution >= 4 is 17.3 Å². The zero-order valence-electron chi connectivity index (χ0n) is 14.1.